The molecule has 2 heterocycles. The minimum Gasteiger partial charge on any atom is -0.381 e. The Morgan fingerprint density at radius 3 is 3.29 bits per heavy atom. The second kappa shape index (κ2) is 3.33. The van der Waals surface area contributed by atoms with Crippen molar-refractivity contribution in [3.8, 4) is 0 Å². The van der Waals surface area contributed by atoms with Crippen LogP contribution in [0.15, 0.2) is 23.7 Å². The van der Waals surface area contributed by atoms with Crippen LogP contribution in [-0.2, 0) is 4.74 Å². The summed E-state index contributed by atoms with van der Waals surface area (Å²) in [5.74, 6) is 0.556. The lowest BCUT2D eigenvalue weighted by Gasteiger charge is -2.07. The number of hydrogen-bond donors (Lipinski definition) is 0. The zero-order valence-electron chi connectivity index (χ0n) is 7.77. The SMILES string of the molecule is c1cc([C@@H]2CCOC2)c2ncsc2c1. The largest absolute Gasteiger partial charge is 0.381 e. The summed E-state index contributed by atoms with van der Waals surface area (Å²) < 4.78 is 6.70. The van der Waals surface area contributed by atoms with Gasteiger partial charge < -0.3 is 4.74 Å². The highest BCUT2D eigenvalue weighted by Crippen LogP contribution is 2.31. The summed E-state index contributed by atoms with van der Waals surface area (Å²) in [5, 5.41) is 0. The molecule has 14 heavy (non-hydrogen) atoms. The van der Waals surface area contributed by atoms with Gasteiger partial charge in [0.05, 0.1) is 22.3 Å². The number of fused-ring (bicyclic) bond motifs is 1. The number of para-hydroxylation sites is 1. The van der Waals surface area contributed by atoms with E-state index in [0.717, 1.165) is 19.6 Å². The predicted molar refractivity (Wildman–Crippen MR) is 57.8 cm³/mol. The number of aromatic nitrogens is 1. The number of rotatable bonds is 1. The molecule has 1 aliphatic rings. The van der Waals surface area contributed by atoms with Gasteiger partial charge in [-0.05, 0) is 18.1 Å². The van der Waals surface area contributed by atoms with Crippen LogP contribution in [0.3, 0.4) is 0 Å². The lowest BCUT2D eigenvalue weighted by Crippen LogP contribution is -1.97. The fraction of sp³-hybridized carbons (Fsp3) is 0.364. The van der Waals surface area contributed by atoms with E-state index in [4.69, 9.17) is 4.74 Å². The van der Waals surface area contributed by atoms with E-state index in [1.165, 1.54) is 15.8 Å². The highest BCUT2D eigenvalue weighted by molar-refractivity contribution is 7.16. The van der Waals surface area contributed by atoms with E-state index in [1.807, 2.05) is 5.51 Å². The van der Waals surface area contributed by atoms with E-state index < -0.39 is 0 Å². The van der Waals surface area contributed by atoms with Crippen molar-refractivity contribution >= 4 is 21.6 Å². The lowest BCUT2D eigenvalue weighted by molar-refractivity contribution is 0.194. The van der Waals surface area contributed by atoms with Crippen molar-refractivity contribution in [2.75, 3.05) is 13.2 Å². The number of benzene rings is 1. The quantitative estimate of drug-likeness (QED) is 0.714. The van der Waals surface area contributed by atoms with E-state index in [1.54, 1.807) is 11.3 Å². The van der Waals surface area contributed by atoms with Crippen molar-refractivity contribution in [2.24, 2.45) is 0 Å². The van der Waals surface area contributed by atoms with Crippen molar-refractivity contribution in [3.63, 3.8) is 0 Å². The second-order valence-corrected chi connectivity index (χ2v) is 4.49. The van der Waals surface area contributed by atoms with Gasteiger partial charge in [0.15, 0.2) is 0 Å². The minimum atomic E-state index is 0.556. The predicted octanol–water partition coefficient (Wildman–Crippen LogP) is 2.80. The fourth-order valence-corrected chi connectivity index (χ4v) is 2.73. The average molecular weight is 205 g/mol. The highest BCUT2D eigenvalue weighted by Gasteiger charge is 2.20. The Kier molecular flexibility index (Phi) is 2.00. The second-order valence-electron chi connectivity index (χ2n) is 3.61. The first-order valence-electron chi connectivity index (χ1n) is 4.85. The van der Waals surface area contributed by atoms with Gasteiger partial charge in [-0.2, -0.15) is 0 Å². The van der Waals surface area contributed by atoms with Gasteiger partial charge in [-0.25, -0.2) is 4.98 Å². The van der Waals surface area contributed by atoms with Crippen LogP contribution in [0.2, 0.25) is 0 Å². The minimum absolute atomic E-state index is 0.556. The van der Waals surface area contributed by atoms with Crippen LogP contribution in [0, 0.1) is 0 Å². The maximum absolute atomic E-state index is 5.41. The molecule has 0 amide bonds. The van der Waals surface area contributed by atoms with Crippen molar-refractivity contribution < 1.29 is 4.74 Å². The molecule has 1 aromatic carbocycles. The molecule has 0 aliphatic carbocycles. The zero-order valence-corrected chi connectivity index (χ0v) is 8.59. The van der Waals surface area contributed by atoms with Gasteiger partial charge in [-0.3, -0.25) is 0 Å². The molecule has 1 atom stereocenters. The molecule has 0 saturated carbocycles. The Bertz CT molecular complexity index is 445. The summed E-state index contributed by atoms with van der Waals surface area (Å²) in [6.07, 6.45) is 1.14. The molecule has 2 aromatic rings. The molecular weight excluding hydrogens is 194 g/mol. The van der Waals surface area contributed by atoms with Gasteiger partial charge in [0, 0.05) is 12.5 Å². The van der Waals surface area contributed by atoms with Crippen LogP contribution in [0.5, 0.6) is 0 Å². The maximum Gasteiger partial charge on any atom is 0.0847 e. The maximum atomic E-state index is 5.41. The number of hydrogen-bond acceptors (Lipinski definition) is 3. The van der Waals surface area contributed by atoms with E-state index in [0.29, 0.717) is 5.92 Å². The molecule has 72 valence electrons. The molecule has 1 aromatic heterocycles. The van der Waals surface area contributed by atoms with E-state index in [2.05, 4.69) is 23.2 Å². The molecule has 0 bridgehead atoms. The van der Waals surface area contributed by atoms with E-state index in [-0.39, 0.29) is 0 Å². The van der Waals surface area contributed by atoms with Crippen LogP contribution in [0.1, 0.15) is 17.9 Å². The summed E-state index contributed by atoms with van der Waals surface area (Å²) >= 11 is 1.71. The lowest BCUT2D eigenvalue weighted by atomic mass is 9.98. The molecule has 0 radical (unpaired) electrons. The molecule has 3 heteroatoms. The standard InChI is InChI=1S/C11H11NOS/c1-2-9(8-4-5-13-6-8)11-10(3-1)14-7-12-11/h1-3,7-8H,4-6H2/t8-/m1/s1. The van der Waals surface area contributed by atoms with Gasteiger partial charge >= 0.3 is 0 Å². The molecule has 0 spiro atoms. The Hall–Kier alpha value is -0.930. The fourth-order valence-electron chi connectivity index (χ4n) is 2.02. The van der Waals surface area contributed by atoms with Crippen LogP contribution < -0.4 is 0 Å². The summed E-state index contributed by atoms with van der Waals surface area (Å²) in [6, 6.07) is 6.43. The zero-order chi connectivity index (χ0) is 9.38. The molecule has 2 nitrogen and oxygen atoms in total. The number of thiazole rings is 1. The first-order valence-corrected chi connectivity index (χ1v) is 5.73. The summed E-state index contributed by atoms with van der Waals surface area (Å²) in [6.45, 7) is 1.75. The first kappa shape index (κ1) is 8.38. The monoisotopic (exact) mass is 205 g/mol. The van der Waals surface area contributed by atoms with Gasteiger partial charge in [-0.15, -0.1) is 11.3 Å². The third-order valence-corrected chi connectivity index (χ3v) is 3.56. The Labute approximate surface area is 86.5 Å². The van der Waals surface area contributed by atoms with Gasteiger partial charge in [0.25, 0.3) is 0 Å². The molecule has 3 rings (SSSR count). The van der Waals surface area contributed by atoms with Crippen LogP contribution >= 0.6 is 11.3 Å². The third-order valence-electron chi connectivity index (χ3n) is 2.76. The summed E-state index contributed by atoms with van der Waals surface area (Å²) in [4.78, 5) is 4.43. The number of nitrogens with zero attached hydrogens (tertiary/aromatic N) is 1. The molecule has 0 unspecified atom stereocenters. The summed E-state index contributed by atoms with van der Waals surface area (Å²) in [7, 11) is 0. The topological polar surface area (TPSA) is 22.1 Å². The van der Waals surface area contributed by atoms with Crippen LogP contribution in [0.25, 0.3) is 10.2 Å². The van der Waals surface area contributed by atoms with Crippen LogP contribution in [0.4, 0.5) is 0 Å². The van der Waals surface area contributed by atoms with Gasteiger partial charge in [0.1, 0.15) is 0 Å². The summed E-state index contributed by atoms with van der Waals surface area (Å²) in [5.41, 5.74) is 4.46. The Morgan fingerprint density at radius 2 is 2.43 bits per heavy atom. The Balaban J connectivity index is 2.14. The van der Waals surface area contributed by atoms with E-state index in [9.17, 15) is 0 Å². The normalized spacial score (nSPS) is 21.9. The molecule has 1 aliphatic heterocycles. The van der Waals surface area contributed by atoms with Crippen molar-refractivity contribution in [1.29, 1.82) is 0 Å². The molecule has 1 saturated heterocycles. The van der Waals surface area contributed by atoms with Crippen molar-refractivity contribution in [1.82, 2.24) is 4.98 Å². The van der Waals surface area contributed by atoms with Crippen molar-refractivity contribution in [2.45, 2.75) is 12.3 Å². The average Bonchev–Trinajstić information content (AvgIpc) is 2.88. The first-order chi connectivity index (χ1) is 6.95. The highest BCUT2D eigenvalue weighted by atomic mass is 32.1. The van der Waals surface area contributed by atoms with Gasteiger partial charge in [0.2, 0.25) is 0 Å². The number of ether oxygens (including phenoxy) is 1. The van der Waals surface area contributed by atoms with Gasteiger partial charge in [-0.1, -0.05) is 12.1 Å². The molecular formula is C11H11NOS. The van der Waals surface area contributed by atoms with Crippen LogP contribution in [-0.4, -0.2) is 18.2 Å². The molecule has 0 N–H and O–H groups in total. The molecule has 1 fully saturated rings. The third kappa shape index (κ3) is 1.24. The smallest absolute Gasteiger partial charge is 0.0847 e. The van der Waals surface area contributed by atoms with Crippen molar-refractivity contribution in [3.05, 3.63) is 29.3 Å². The Morgan fingerprint density at radius 1 is 1.43 bits per heavy atom. The van der Waals surface area contributed by atoms with E-state index >= 15 is 0 Å².